The van der Waals surface area contributed by atoms with E-state index in [9.17, 15) is 4.79 Å². The van der Waals surface area contributed by atoms with Gasteiger partial charge in [-0.3, -0.25) is 4.79 Å². The molecule has 2 atom stereocenters. The van der Waals surface area contributed by atoms with Gasteiger partial charge < -0.3 is 5.32 Å². The molecule has 18 heavy (non-hydrogen) atoms. The number of hydrogen-bond donors (Lipinski definition) is 1. The van der Waals surface area contributed by atoms with Crippen LogP contribution in [0.2, 0.25) is 0 Å². The minimum Gasteiger partial charge on any atom is -0.348 e. The number of pyridine rings is 1. The van der Waals surface area contributed by atoms with Gasteiger partial charge in [0.1, 0.15) is 5.69 Å². The molecule has 0 saturated heterocycles. The van der Waals surface area contributed by atoms with E-state index in [-0.39, 0.29) is 5.91 Å². The Morgan fingerprint density at radius 3 is 2.83 bits per heavy atom. The SMILES string of the molecule is CC1CCCCCC1NC(=O)c1ccc(Br)cn1. The Morgan fingerprint density at radius 1 is 1.33 bits per heavy atom. The second kappa shape index (κ2) is 6.32. The van der Waals surface area contributed by atoms with Crippen molar-refractivity contribution in [2.75, 3.05) is 0 Å². The zero-order valence-electron chi connectivity index (χ0n) is 10.7. The lowest BCUT2D eigenvalue weighted by Gasteiger charge is -2.22. The summed E-state index contributed by atoms with van der Waals surface area (Å²) in [5, 5.41) is 3.13. The van der Waals surface area contributed by atoms with E-state index in [1.165, 1.54) is 25.7 Å². The van der Waals surface area contributed by atoms with Crippen LogP contribution in [-0.2, 0) is 0 Å². The molecule has 1 fully saturated rings. The number of aromatic nitrogens is 1. The van der Waals surface area contributed by atoms with Crippen LogP contribution in [0.3, 0.4) is 0 Å². The standard InChI is InChI=1S/C14H19BrN2O/c1-10-5-3-2-4-6-12(10)17-14(18)13-8-7-11(15)9-16-13/h7-10,12H,2-6H2,1H3,(H,17,18). The highest BCUT2D eigenvalue weighted by atomic mass is 79.9. The lowest BCUT2D eigenvalue weighted by atomic mass is 9.97. The lowest BCUT2D eigenvalue weighted by Crippen LogP contribution is -2.39. The summed E-state index contributed by atoms with van der Waals surface area (Å²) in [4.78, 5) is 16.2. The maximum Gasteiger partial charge on any atom is 0.270 e. The van der Waals surface area contributed by atoms with Gasteiger partial charge in [0.15, 0.2) is 0 Å². The highest BCUT2D eigenvalue weighted by Crippen LogP contribution is 2.23. The van der Waals surface area contributed by atoms with Gasteiger partial charge in [-0.15, -0.1) is 0 Å². The van der Waals surface area contributed by atoms with Crippen LogP contribution in [0.1, 0.15) is 49.5 Å². The molecule has 1 heterocycles. The maximum absolute atomic E-state index is 12.1. The Bertz CT molecular complexity index is 405. The minimum atomic E-state index is -0.0544. The van der Waals surface area contributed by atoms with E-state index in [1.54, 1.807) is 12.3 Å². The number of rotatable bonds is 2. The van der Waals surface area contributed by atoms with Crippen molar-refractivity contribution >= 4 is 21.8 Å². The number of hydrogen-bond acceptors (Lipinski definition) is 2. The summed E-state index contributed by atoms with van der Waals surface area (Å²) in [6, 6.07) is 3.89. The van der Waals surface area contributed by atoms with Crippen LogP contribution in [0, 0.1) is 5.92 Å². The number of carbonyl (C=O) groups is 1. The molecule has 1 aliphatic carbocycles. The van der Waals surface area contributed by atoms with Crippen LogP contribution in [0.25, 0.3) is 0 Å². The van der Waals surface area contributed by atoms with Gasteiger partial charge in [0.2, 0.25) is 0 Å². The summed E-state index contributed by atoms with van der Waals surface area (Å²) in [7, 11) is 0. The molecule has 4 heteroatoms. The van der Waals surface area contributed by atoms with Crippen molar-refractivity contribution in [2.24, 2.45) is 5.92 Å². The fraction of sp³-hybridized carbons (Fsp3) is 0.571. The highest BCUT2D eigenvalue weighted by molar-refractivity contribution is 9.10. The zero-order chi connectivity index (χ0) is 13.0. The van der Waals surface area contributed by atoms with Gasteiger partial charge in [-0.1, -0.05) is 26.2 Å². The van der Waals surface area contributed by atoms with Crippen molar-refractivity contribution in [1.29, 1.82) is 0 Å². The Hall–Kier alpha value is -0.900. The number of nitrogens with one attached hydrogen (secondary N) is 1. The van der Waals surface area contributed by atoms with E-state index in [1.807, 2.05) is 6.07 Å². The first-order valence-corrected chi connectivity index (χ1v) is 7.38. The third-order valence-corrected chi connectivity index (χ3v) is 4.11. The molecule has 2 rings (SSSR count). The molecule has 3 nitrogen and oxygen atoms in total. The molecule has 1 amide bonds. The number of halogens is 1. The first kappa shape index (κ1) is 13.5. The van der Waals surface area contributed by atoms with Gasteiger partial charge in [0, 0.05) is 16.7 Å². The quantitative estimate of drug-likeness (QED) is 0.849. The van der Waals surface area contributed by atoms with Crippen molar-refractivity contribution in [3.8, 4) is 0 Å². The predicted octanol–water partition coefficient (Wildman–Crippen LogP) is 3.54. The summed E-state index contributed by atoms with van der Waals surface area (Å²) in [6.07, 6.45) is 7.73. The summed E-state index contributed by atoms with van der Waals surface area (Å²) in [6.45, 7) is 2.23. The van der Waals surface area contributed by atoms with Crippen molar-refractivity contribution < 1.29 is 4.79 Å². The monoisotopic (exact) mass is 310 g/mol. The average Bonchev–Trinajstić information content (AvgIpc) is 2.56. The molecule has 0 aliphatic heterocycles. The highest BCUT2D eigenvalue weighted by Gasteiger charge is 2.22. The fourth-order valence-electron chi connectivity index (χ4n) is 2.46. The van der Waals surface area contributed by atoms with Gasteiger partial charge in [-0.25, -0.2) is 4.98 Å². The molecule has 1 aliphatic rings. The van der Waals surface area contributed by atoms with Crippen LogP contribution in [0.4, 0.5) is 0 Å². The van der Waals surface area contributed by atoms with E-state index in [0.717, 1.165) is 10.9 Å². The van der Waals surface area contributed by atoms with E-state index in [0.29, 0.717) is 17.7 Å². The Labute approximate surface area is 117 Å². The van der Waals surface area contributed by atoms with Crippen molar-refractivity contribution in [2.45, 2.75) is 45.1 Å². The predicted molar refractivity (Wildman–Crippen MR) is 75.4 cm³/mol. The van der Waals surface area contributed by atoms with Gasteiger partial charge in [0.25, 0.3) is 5.91 Å². The largest absolute Gasteiger partial charge is 0.348 e. The third-order valence-electron chi connectivity index (χ3n) is 3.64. The van der Waals surface area contributed by atoms with Gasteiger partial charge in [-0.05, 0) is 46.8 Å². The molecule has 0 bridgehead atoms. The van der Waals surface area contributed by atoms with Crippen LogP contribution < -0.4 is 5.32 Å². The fourth-order valence-corrected chi connectivity index (χ4v) is 2.69. The summed E-state index contributed by atoms with van der Waals surface area (Å²) in [5.74, 6) is 0.508. The number of nitrogens with zero attached hydrogens (tertiary/aromatic N) is 1. The number of carbonyl (C=O) groups excluding carboxylic acids is 1. The van der Waals surface area contributed by atoms with Gasteiger partial charge in [-0.2, -0.15) is 0 Å². The minimum absolute atomic E-state index is 0.0544. The molecule has 1 saturated carbocycles. The van der Waals surface area contributed by atoms with Crippen LogP contribution in [0.15, 0.2) is 22.8 Å². The Morgan fingerprint density at radius 2 is 2.11 bits per heavy atom. The molecule has 0 aromatic carbocycles. The van der Waals surface area contributed by atoms with Crippen molar-refractivity contribution in [3.63, 3.8) is 0 Å². The second-order valence-electron chi connectivity index (χ2n) is 5.06. The topological polar surface area (TPSA) is 42.0 Å². The smallest absolute Gasteiger partial charge is 0.270 e. The number of amides is 1. The summed E-state index contributed by atoms with van der Waals surface area (Å²) < 4.78 is 0.891. The first-order valence-electron chi connectivity index (χ1n) is 6.59. The van der Waals surface area contributed by atoms with E-state index in [4.69, 9.17) is 0 Å². The molecule has 2 unspecified atom stereocenters. The van der Waals surface area contributed by atoms with Crippen molar-refractivity contribution in [1.82, 2.24) is 10.3 Å². The molecule has 98 valence electrons. The van der Waals surface area contributed by atoms with Crippen LogP contribution in [0.5, 0.6) is 0 Å². The van der Waals surface area contributed by atoms with E-state index < -0.39 is 0 Å². The maximum atomic E-state index is 12.1. The first-order chi connectivity index (χ1) is 8.66. The van der Waals surface area contributed by atoms with Crippen molar-refractivity contribution in [3.05, 3.63) is 28.5 Å². The van der Waals surface area contributed by atoms with Gasteiger partial charge >= 0.3 is 0 Å². The van der Waals surface area contributed by atoms with E-state index in [2.05, 4.69) is 33.2 Å². The molecule has 0 spiro atoms. The van der Waals surface area contributed by atoms with E-state index >= 15 is 0 Å². The molecule has 0 radical (unpaired) electrons. The lowest BCUT2D eigenvalue weighted by molar-refractivity contribution is 0.0916. The zero-order valence-corrected chi connectivity index (χ0v) is 12.2. The normalized spacial score (nSPS) is 24.3. The molecular weight excluding hydrogens is 292 g/mol. The Balaban J connectivity index is 1.99. The summed E-state index contributed by atoms with van der Waals surface area (Å²) >= 11 is 3.32. The average molecular weight is 311 g/mol. The van der Waals surface area contributed by atoms with Crippen LogP contribution >= 0.6 is 15.9 Å². The molecular formula is C14H19BrN2O. The molecule has 1 N–H and O–H groups in total. The molecule has 1 aromatic heterocycles. The third kappa shape index (κ3) is 3.55. The molecule has 1 aromatic rings. The Kier molecular flexibility index (Phi) is 4.75. The van der Waals surface area contributed by atoms with Gasteiger partial charge in [0.05, 0.1) is 0 Å². The summed E-state index contributed by atoms with van der Waals surface area (Å²) in [5.41, 5.74) is 0.495. The second-order valence-corrected chi connectivity index (χ2v) is 5.97. The van der Waals surface area contributed by atoms with Crippen LogP contribution in [-0.4, -0.2) is 16.9 Å².